The monoisotopic (exact) mass is 374 g/mol. The smallest absolute Gasteiger partial charge is 0.234 e. The molecule has 0 saturated heterocycles. The second kappa shape index (κ2) is 6.85. The summed E-state index contributed by atoms with van der Waals surface area (Å²) in [4.78, 5) is 24.6. The maximum absolute atomic E-state index is 12.1. The predicted octanol–water partition coefficient (Wildman–Crippen LogP) is 3.52. The Bertz CT molecular complexity index is 813. The maximum Gasteiger partial charge on any atom is 0.234 e. The summed E-state index contributed by atoms with van der Waals surface area (Å²) in [5, 5.41) is 4.42. The van der Waals surface area contributed by atoms with Gasteiger partial charge >= 0.3 is 0 Å². The highest BCUT2D eigenvalue weighted by atomic mass is 79.9. The van der Waals surface area contributed by atoms with Gasteiger partial charge in [0, 0.05) is 28.4 Å². The molecule has 2 aromatic heterocycles. The lowest BCUT2D eigenvalue weighted by Crippen LogP contribution is -2.14. The summed E-state index contributed by atoms with van der Waals surface area (Å²) in [5.41, 5.74) is 1.45. The number of aromatic nitrogens is 3. The number of nitrogens with one attached hydrogen (secondary N) is 1. The number of nitrogens with zero attached hydrogens (tertiary/aromatic N) is 3. The van der Waals surface area contributed by atoms with E-state index in [0.29, 0.717) is 10.8 Å². The van der Waals surface area contributed by atoms with Crippen LogP contribution in [0.5, 0.6) is 0 Å². The van der Waals surface area contributed by atoms with Crippen molar-refractivity contribution < 1.29 is 4.79 Å². The zero-order chi connectivity index (χ0) is 15.4. The van der Waals surface area contributed by atoms with Crippen molar-refractivity contribution in [1.82, 2.24) is 15.0 Å². The van der Waals surface area contributed by atoms with Crippen LogP contribution in [-0.4, -0.2) is 26.6 Å². The Morgan fingerprint density at radius 1 is 1.09 bits per heavy atom. The van der Waals surface area contributed by atoms with Gasteiger partial charge in [-0.2, -0.15) is 0 Å². The first-order chi connectivity index (χ1) is 10.7. The van der Waals surface area contributed by atoms with Gasteiger partial charge in [0.25, 0.3) is 0 Å². The van der Waals surface area contributed by atoms with Gasteiger partial charge in [-0.25, -0.2) is 9.97 Å². The lowest BCUT2D eigenvalue weighted by Gasteiger charge is -2.08. The van der Waals surface area contributed by atoms with E-state index in [4.69, 9.17) is 0 Å². The molecule has 0 aliphatic carbocycles. The van der Waals surface area contributed by atoms with Crippen LogP contribution in [0.25, 0.3) is 10.9 Å². The number of anilines is 1. The molecule has 1 aromatic carbocycles. The fraction of sp³-hybridized carbons (Fsp3) is 0.0667. The number of hydrogen-bond donors (Lipinski definition) is 1. The van der Waals surface area contributed by atoms with E-state index in [1.807, 2.05) is 24.3 Å². The third-order valence-electron chi connectivity index (χ3n) is 2.86. The molecule has 2 heterocycles. The highest BCUT2D eigenvalue weighted by Crippen LogP contribution is 2.28. The second-order valence-corrected chi connectivity index (χ2v) is 6.16. The first-order valence-corrected chi connectivity index (χ1v) is 8.25. The Hall–Kier alpha value is -1.99. The Labute approximate surface area is 139 Å². The fourth-order valence-electron chi connectivity index (χ4n) is 1.92. The van der Waals surface area contributed by atoms with Gasteiger partial charge in [-0.1, -0.05) is 33.8 Å². The number of carbonyl (C=O) groups excluding carboxylic acids is 1. The number of hydrogen-bond acceptors (Lipinski definition) is 5. The molecule has 22 heavy (non-hydrogen) atoms. The van der Waals surface area contributed by atoms with Crippen LogP contribution in [0, 0.1) is 0 Å². The van der Waals surface area contributed by atoms with Gasteiger partial charge < -0.3 is 5.32 Å². The third-order valence-corrected chi connectivity index (χ3v) is 4.43. The largest absolute Gasteiger partial charge is 0.323 e. The second-order valence-electron chi connectivity index (χ2n) is 4.36. The average Bonchev–Trinajstić information content (AvgIpc) is 2.57. The Morgan fingerprint density at radius 2 is 1.86 bits per heavy atom. The number of pyridine rings is 1. The standard InChI is InChI=1S/C15H11BrN4OS/c16-11-4-5-12(14-10(11)3-1-6-17-14)20-13(21)9-22-15-18-7-2-8-19-15/h1-8H,9H2,(H,20,21). The fourth-order valence-corrected chi connectivity index (χ4v) is 2.97. The molecule has 110 valence electrons. The van der Waals surface area contributed by atoms with Crippen molar-refractivity contribution >= 4 is 50.2 Å². The van der Waals surface area contributed by atoms with Gasteiger partial charge in [-0.15, -0.1) is 0 Å². The first kappa shape index (κ1) is 14.9. The van der Waals surface area contributed by atoms with Crippen molar-refractivity contribution in [2.24, 2.45) is 0 Å². The van der Waals surface area contributed by atoms with Gasteiger partial charge in [0.1, 0.15) is 0 Å². The quantitative estimate of drug-likeness (QED) is 0.558. The number of fused-ring (bicyclic) bond motifs is 1. The summed E-state index contributed by atoms with van der Waals surface area (Å²) in [6.07, 6.45) is 5.01. The van der Waals surface area contributed by atoms with Crippen molar-refractivity contribution in [3.8, 4) is 0 Å². The molecule has 0 fully saturated rings. The zero-order valence-electron chi connectivity index (χ0n) is 11.4. The highest BCUT2D eigenvalue weighted by molar-refractivity contribution is 9.10. The molecule has 5 nitrogen and oxygen atoms in total. The van der Waals surface area contributed by atoms with Gasteiger partial charge in [0.2, 0.25) is 5.91 Å². The lowest BCUT2D eigenvalue weighted by atomic mass is 10.2. The number of benzene rings is 1. The highest BCUT2D eigenvalue weighted by Gasteiger charge is 2.09. The molecule has 0 atom stereocenters. The van der Waals surface area contributed by atoms with Gasteiger partial charge in [-0.3, -0.25) is 9.78 Å². The molecular formula is C15H11BrN4OS. The molecule has 3 aromatic rings. The van der Waals surface area contributed by atoms with E-state index in [-0.39, 0.29) is 11.7 Å². The number of halogens is 1. The van der Waals surface area contributed by atoms with Gasteiger partial charge in [-0.05, 0) is 24.3 Å². The molecule has 3 rings (SSSR count). The van der Waals surface area contributed by atoms with Crippen LogP contribution >= 0.6 is 27.7 Å². The summed E-state index contributed by atoms with van der Waals surface area (Å²) >= 11 is 4.78. The Morgan fingerprint density at radius 3 is 2.68 bits per heavy atom. The topological polar surface area (TPSA) is 67.8 Å². The van der Waals surface area contributed by atoms with Crippen LogP contribution < -0.4 is 5.32 Å². The third kappa shape index (κ3) is 3.42. The van der Waals surface area contributed by atoms with Crippen molar-refractivity contribution in [2.45, 2.75) is 5.16 Å². The minimum absolute atomic E-state index is 0.119. The van der Waals surface area contributed by atoms with Gasteiger partial charge in [0.15, 0.2) is 5.16 Å². The Kier molecular flexibility index (Phi) is 4.65. The summed E-state index contributed by atoms with van der Waals surface area (Å²) in [7, 11) is 0. The van der Waals surface area contributed by atoms with Crippen molar-refractivity contribution in [3.05, 3.63) is 53.4 Å². The minimum atomic E-state index is -0.119. The summed E-state index contributed by atoms with van der Waals surface area (Å²) in [5.74, 6) is 0.126. The van der Waals surface area contributed by atoms with Crippen LogP contribution in [0.2, 0.25) is 0 Å². The molecule has 0 spiro atoms. The predicted molar refractivity (Wildman–Crippen MR) is 90.8 cm³/mol. The number of thioether (sulfide) groups is 1. The summed E-state index contributed by atoms with van der Waals surface area (Å²) < 4.78 is 0.945. The van der Waals surface area contributed by atoms with Crippen molar-refractivity contribution in [2.75, 3.05) is 11.1 Å². The summed E-state index contributed by atoms with van der Waals surface area (Å²) in [6, 6.07) is 9.29. The molecule has 1 N–H and O–H groups in total. The molecular weight excluding hydrogens is 364 g/mol. The van der Waals surface area contributed by atoms with E-state index in [0.717, 1.165) is 15.4 Å². The number of rotatable bonds is 4. The zero-order valence-corrected chi connectivity index (χ0v) is 13.8. The Balaban J connectivity index is 1.73. The molecule has 0 bridgehead atoms. The van der Waals surface area contributed by atoms with Crippen LogP contribution in [0.1, 0.15) is 0 Å². The van der Waals surface area contributed by atoms with Crippen molar-refractivity contribution in [1.29, 1.82) is 0 Å². The van der Waals surface area contributed by atoms with E-state index in [1.165, 1.54) is 11.8 Å². The molecule has 0 unspecified atom stereocenters. The van der Waals surface area contributed by atoms with Crippen LogP contribution in [0.15, 0.2) is 58.6 Å². The molecule has 0 aliphatic rings. The SMILES string of the molecule is O=C(CSc1ncccn1)Nc1ccc(Br)c2cccnc12. The number of amides is 1. The first-order valence-electron chi connectivity index (χ1n) is 6.47. The lowest BCUT2D eigenvalue weighted by molar-refractivity contribution is -0.113. The van der Waals surface area contributed by atoms with Gasteiger partial charge in [0.05, 0.1) is 17.0 Å². The maximum atomic E-state index is 12.1. The van der Waals surface area contributed by atoms with E-state index < -0.39 is 0 Å². The molecule has 0 radical (unpaired) electrons. The molecule has 7 heteroatoms. The average molecular weight is 375 g/mol. The van der Waals surface area contributed by atoms with E-state index in [9.17, 15) is 4.79 Å². The molecule has 1 amide bonds. The number of carbonyl (C=O) groups is 1. The minimum Gasteiger partial charge on any atom is -0.323 e. The van der Waals surface area contributed by atoms with Crippen molar-refractivity contribution in [3.63, 3.8) is 0 Å². The van der Waals surface area contributed by atoms with Crippen LogP contribution in [0.4, 0.5) is 5.69 Å². The summed E-state index contributed by atoms with van der Waals surface area (Å²) in [6.45, 7) is 0. The van der Waals surface area contributed by atoms with E-state index >= 15 is 0 Å². The molecule has 0 aliphatic heterocycles. The van der Waals surface area contributed by atoms with Crippen LogP contribution in [-0.2, 0) is 4.79 Å². The van der Waals surface area contributed by atoms with Crippen LogP contribution in [0.3, 0.4) is 0 Å². The van der Waals surface area contributed by atoms with E-state index in [1.54, 1.807) is 24.7 Å². The normalized spacial score (nSPS) is 10.6. The molecule has 0 saturated carbocycles. The van der Waals surface area contributed by atoms with E-state index in [2.05, 4.69) is 36.2 Å².